The van der Waals surface area contributed by atoms with Gasteiger partial charge in [0.05, 0.1) is 6.04 Å². The molecule has 0 bridgehead atoms. The van der Waals surface area contributed by atoms with Crippen LogP contribution in [0.2, 0.25) is 0 Å². The topological polar surface area (TPSA) is 68.2 Å². The highest BCUT2D eigenvalue weighted by molar-refractivity contribution is 4.96. The molecule has 0 unspecified atom stereocenters. The highest BCUT2D eigenvalue weighted by Crippen LogP contribution is 2.28. The van der Waals surface area contributed by atoms with Crippen LogP contribution in [-0.2, 0) is 6.42 Å². The Labute approximate surface area is 83.3 Å². The second-order valence-electron chi connectivity index (χ2n) is 3.73. The van der Waals surface area contributed by atoms with Crippen LogP contribution < -0.4 is 5.73 Å². The summed E-state index contributed by atoms with van der Waals surface area (Å²) in [5.74, 6) is 1.47. The van der Waals surface area contributed by atoms with E-state index in [1.807, 2.05) is 0 Å². The van der Waals surface area contributed by atoms with E-state index in [4.69, 9.17) is 10.3 Å². The van der Waals surface area contributed by atoms with Crippen LogP contribution >= 0.6 is 0 Å². The standard InChI is InChI=1S/C9H16N4O/c1-13-6-2-3-7(13)9-11-8(4-5-10)12-14-9/h7H,2-6,10H2,1H3/t7-/m0/s1. The molecule has 1 atom stereocenters. The van der Waals surface area contributed by atoms with Crippen molar-refractivity contribution in [1.29, 1.82) is 0 Å². The largest absolute Gasteiger partial charge is 0.338 e. The maximum absolute atomic E-state index is 5.42. The first-order valence-electron chi connectivity index (χ1n) is 5.04. The molecule has 2 heterocycles. The van der Waals surface area contributed by atoms with Crippen molar-refractivity contribution in [2.75, 3.05) is 20.1 Å². The lowest BCUT2D eigenvalue weighted by atomic mass is 10.2. The number of nitrogens with two attached hydrogens (primary N) is 1. The Kier molecular flexibility index (Phi) is 2.79. The van der Waals surface area contributed by atoms with Gasteiger partial charge in [0.2, 0.25) is 5.89 Å². The molecule has 14 heavy (non-hydrogen) atoms. The van der Waals surface area contributed by atoms with Gasteiger partial charge in [-0.3, -0.25) is 4.90 Å². The molecule has 2 N–H and O–H groups in total. The van der Waals surface area contributed by atoms with E-state index >= 15 is 0 Å². The minimum absolute atomic E-state index is 0.314. The third kappa shape index (κ3) is 1.78. The van der Waals surface area contributed by atoms with Gasteiger partial charge in [-0.05, 0) is 33.0 Å². The summed E-state index contributed by atoms with van der Waals surface area (Å²) in [4.78, 5) is 6.58. The average molecular weight is 196 g/mol. The second-order valence-corrected chi connectivity index (χ2v) is 3.73. The Balaban J connectivity index is 2.08. The van der Waals surface area contributed by atoms with Crippen molar-refractivity contribution >= 4 is 0 Å². The molecule has 1 aliphatic heterocycles. The number of aromatic nitrogens is 2. The zero-order valence-corrected chi connectivity index (χ0v) is 8.44. The van der Waals surface area contributed by atoms with Crippen molar-refractivity contribution in [2.45, 2.75) is 25.3 Å². The van der Waals surface area contributed by atoms with Gasteiger partial charge in [0.25, 0.3) is 0 Å². The summed E-state index contributed by atoms with van der Waals surface area (Å²) in [6, 6.07) is 0.314. The Morgan fingerprint density at radius 3 is 3.14 bits per heavy atom. The lowest BCUT2D eigenvalue weighted by Crippen LogP contribution is -2.17. The molecule has 0 aliphatic carbocycles. The normalized spacial score (nSPS) is 23.1. The highest BCUT2D eigenvalue weighted by atomic mass is 16.5. The fourth-order valence-corrected chi connectivity index (χ4v) is 1.86. The number of nitrogens with zero attached hydrogens (tertiary/aromatic N) is 3. The monoisotopic (exact) mass is 196 g/mol. The van der Waals surface area contributed by atoms with E-state index in [9.17, 15) is 0 Å². The van der Waals surface area contributed by atoms with E-state index in [1.54, 1.807) is 0 Å². The summed E-state index contributed by atoms with van der Waals surface area (Å²) in [5, 5.41) is 3.89. The van der Waals surface area contributed by atoms with Crippen molar-refractivity contribution < 1.29 is 4.52 Å². The molecule has 1 aromatic heterocycles. The summed E-state index contributed by atoms with van der Waals surface area (Å²) in [5.41, 5.74) is 5.42. The molecule has 1 aromatic rings. The van der Waals surface area contributed by atoms with Crippen molar-refractivity contribution in [3.8, 4) is 0 Å². The molecule has 0 spiro atoms. The summed E-state index contributed by atoms with van der Waals surface area (Å²) in [6.07, 6.45) is 3.01. The fourth-order valence-electron chi connectivity index (χ4n) is 1.86. The van der Waals surface area contributed by atoms with Crippen LogP contribution in [0.15, 0.2) is 4.52 Å². The van der Waals surface area contributed by atoms with Gasteiger partial charge in [-0.15, -0.1) is 0 Å². The predicted molar refractivity (Wildman–Crippen MR) is 51.7 cm³/mol. The molecule has 1 saturated heterocycles. The zero-order valence-electron chi connectivity index (χ0n) is 8.44. The Bertz CT molecular complexity index is 299. The molecule has 5 heteroatoms. The number of hydrogen-bond donors (Lipinski definition) is 1. The molecule has 0 aromatic carbocycles. The fraction of sp³-hybridized carbons (Fsp3) is 0.778. The number of hydrogen-bond acceptors (Lipinski definition) is 5. The molecular weight excluding hydrogens is 180 g/mol. The molecule has 0 amide bonds. The van der Waals surface area contributed by atoms with Crippen molar-refractivity contribution in [3.05, 3.63) is 11.7 Å². The van der Waals surface area contributed by atoms with E-state index in [-0.39, 0.29) is 0 Å². The van der Waals surface area contributed by atoms with Gasteiger partial charge in [0.15, 0.2) is 5.82 Å². The quantitative estimate of drug-likeness (QED) is 0.755. The third-order valence-corrected chi connectivity index (χ3v) is 2.66. The molecule has 2 rings (SSSR count). The second kappa shape index (κ2) is 4.06. The smallest absolute Gasteiger partial charge is 0.243 e. The van der Waals surface area contributed by atoms with Crippen molar-refractivity contribution in [3.63, 3.8) is 0 Å². The first kappa shape index (κ1) is 9.61. The van der Waals surface area contributed by atoms with Gasteiger partial charge < -0.3 is 10.3 Å². The highest BCUT2D eigenvalue weighted by Gasteiger charge is 2.27. The first-order valence-corrected chi connectivity index (χ1v) is 5.04. The molecule has 0 saturated carbocycles. The van der Waals surface area contributed by atoms with Crippen LogP contribution in [0.5, 0.6) is 0 Å². The maximum atomic E-state index is 5.42. The summed E-state index contributed by atoms with van der Waals surface area (Å²) in [6.45, 7) is 1.68. The zero-order chi connectivity index (χ0) is 9.97. The van der Waals surface area contributed by atoms with E-state index in [2.05, 4.69) is 22.1 Å². The van der Waals surface area contributed by atoms with Gasteiger partial charge >= 0.3 is 0 Å². The summed E-state index contributed by atoms with van der Waals surface area (Å²) < 4.78 is 5.21. The van der Waals surface area contributed by atoms with Crippen LogP contribution in [0.3, 0.4) is 0 Å². The van der Waals surface area contributed by atoms with E-state index in [1.165, 1.54) is 6.42 Å². The van der Waals surface area contributed by atoms with Gasteiger partial charge in [-0.25, -0.2) is 0 Å². The molecule has 0 radical (unpaired) electrons. The molecule has 5 nitrogen and oxygen atoms in total. The van der Waals surface area contributed by atoms with Crippen molar-refractivity contribution in [1.82, 2.24) is 15.0 Å². The summed E-state index contributed by atoms with van der Waals surface area (Å²) in [7, 11) is 2.09. The summed E-state index contributed by atoms with van der Waals surface area (Å²) >= 11 is 0. The minimum Gasteiger partial charge on any atom is -0.338 e. The SMILES string of the molecule is CN1CCC[C@H]1c1nc(CCN)no1. The van der Waals surface area contributed by atoms with Crippen LogP contribution in [0, 0.1) is 0 Å². The molecular formula is C9H16N4O. The van der Waals surface area contributed by atoms with Crippen LogP contribution in [-0.4, -0.2) is 35.2 Å². The van der Waals surface area contributed by atoms with E-state index < -0.39 is 0 Å². The lowest BCUT2D eigenvalue weighted by molar-refractivity contribution is 0.244. The maximum Gasteiger partial charge on any atom is 0.243 e. The number of rotatable bonds is 3. The molecule has 1 aliphatic rings. The molecule has 1 fully saturated rings. The number of likely N-dealkylation sites (tertiary alicyclic amines) is 1. The molecule has 78 valence electrons. The van der Waals surface area contributed by atoms with Crippen LogP contribution in [0.4, 0.5) is 0 Å². The van der Waals surface area contributed by atoms with Crippen LogP contribution in [0.25, 0.3) is 0 Å². The van der Waals surface area contributed by atoms with E-state index in [0.29, 0.717) is 19.0 Å². The minimum atomic E-state index is 0.314. The Morgan fingerprint density at radius 1 is 1.64 bits per heavy atom. The Hall–Kier alpha value is -0.940. The third-order valence-electron chi connectivity index (χ3n) is 2.66. The van der Waals surface area contributed by atoms with Gasteiger partial charge in [-0.1, -0.05) is 5.16 Å². The van der Waals surface area contributed by atoms with Gasteiger partial charge in [0, 0.05) is 6.42 Å². The van der Waals surface area contributed by atoms with Crippen LogP contribution in [0.1, 0.15) is 30.6 Å². The lowest BCUT2D eigenvalue weighted by Gasteiger charge is -2.14. The van der Waals surface area contributed by atoms with E-state index in [0.717, 1.165) is 24.7 Å². The average Bonchev–Trinajstić information content (AvgIpc) is 2.74. The first-order chi connectivity index (χ1) is 6.81. The van der Waals surface area contributed by atoms with Gasteiger partial charge in [-0.2, -0.15) is 4.98 Å². The van der Waals surface area contributed by atoms with Crippen molar-refractivity contribution in [2.24, 2.45) is 5.73 Å². The predicted octanol–water partition coefficient (Wildman–Crippen LogP) is 0.338. The van der Waals surface area contributed by atoms with Gasteiger partial charge in [0.1, 0.15) is 0 Å². The Morgan fingerprint density at radius 2 is 2.50 bits per heavy atom.